The lowest BCUT2D eigenvalue weighted by Gasteiger charge is -2.10. The van der Waals surface area contributed by atoms with Crippen molar-refractivity contribution in [2.75, 3.05) is 5.32 Å². The first-order valence-electron chi connectivity index (χ1n) is 7.47. The van der Waals surface area contributed by atoms with Crippen molar-refractivity contribution in [1.29, 1.82) is 0 Å². The van der Waals surface area contributed by atoms with E-state index in [1.165, 1.54) is 0 Å². The maximum atomic E-state index is 12.1. The zero-order valence-electron chi connectivity index (χ0n) is 13.3. The van der Waals surface area contributed by atoms with Crippen LogP contribution in [0, 0.1) is 13.8 Å². The smallest absolute Gasteiger partial charge is 0.243 e. The molecule has 0 saturated heterocycles. The van der Waals surface area contributed by atoms with E-state index in [0.717, 1.165) is 28.0 Å². The molecule has 3 aromatic rings. The zero-order valence-corrected chi connectivity index (χ0v) is 14.1. The molecule has 5 heteroatoms. The molecule has 0 bridgehead atoms. The lowest BCUT2D eigenvalue weighted by Crippen LogP contribution is -2.21. The van der Waals surface area contributed by atoms with Crippen LogP contribution < -0.4 is 5.32 Å². The molecule has 3 rings (SSSR count). The second kappa shape index (κ2) is 6.05. The van der Waals surface area contributed by atoms with Gasteiger partial charge in [-0.3, -0.25) is 9.20 Å². The lowest BCUT2D eigenvalue weighted by molar-refractivity contribution is -0.115. The van der Waals surface area contributed by atoms with Gasteiger partial charge in [0.1, 0.15) is 22.5 Å². The van der Waals surface area contributed by atoms with Crippen molar-refractivity contribution in [3.63, 3.8) is 0 Å². The Morgan fingerprint density at radius 2 is 1.96 bits per heavy atom. The number of nitrogens with zero attached hydrogens (tertiary/aromatic N) is 2. The molecule has 4 nitrogen and oxygen atoms in total. The molecule has 23 heavy (non-hydrogen) atoms. The summed E-state index contributed by atoms with van der Waals surface area (Å²) in [4.78, 5) is 16.8. The Balaban J connectivity index is 2.24. The number of amides is 1. The molecular formula is C18H18ClN3O. The monoisotopic (exact) mass is 327 g/mol. The molecule has 0 spiro atoms. The third-order valence-corrected chi connectivity index (χ3v) is 3.97. The quantitative estimate of drug-likeness (QED) is 0.733. The summed E-state index contributed by atoms with van der Waals surface area (Å²) < 4.78 is 1.90. The Morgan fingerprint density at radius 1 is 1.22 bits per heavy atom. The van der Waals surface area contributed by atoms with Crippen LogP contribution in [0.1, 0.15) is 18.1 Å². The van der Waals surface area contributed by atoms with E-state index in [2.05, 4.69) is 5.32 Å². The van der Waals surface area contributed by atoms with E-state index in [9.17, 15) is 4.79 Å². The zero-order chi connectivity index (χ0) is 16.6. The number of anilines is 1. The fraction of sp³-hybridized carbons (Fsp3) is 0.222. The minimum atomic E-state index is -0.616. The van der Waals surface area contributed by atoms with Crippen molar-refractivity contribution < 1.29 is 4.79 Å². The number of hydrogen-bond acceptors (Lipinski definition) is 2. The number of carbonyl (C=O) groups is 1. The maximum Gasteiger partial charge on any atom is 0.243 e. The second-order valence-corrected chi connectivity index (χ2v) is 6.32. The van der Waals surface area contributed by atoms with Gasteiger partial charge in [0.15, 0.2) is 0 Å². The van der Waals surface area contributed by atoms with E-state index >= 15 is 0 Å². The van der Waals surface area contributed by atoms with Crippen molar-refractivity contribution in [2.45, 2.75) is 26.1 Å². The normalized spacial score (nSPS) is 12.3. The average Bonchev–Trinajstić information content (AvgIpc) is 2.85. The number of carbonyl (C=O) groups excluding carboxylic acids is 1. The number of nitrogens with one attached hydrogen (secondary N) is 1. The van der Waals surface area contributed by atoms with E-state index in [0.29, 0.717) is 5.82 Å². The molecule has 1 amide bonds. The number of pyridine rings is 1. The van der Waals surface area contributed by atoms with E-state index in [1.54, 1.807) is 6.92 Å². The number of rotatable bonds is 3. The number of alkyl halides is 1. The summed E-state index contributed by atoms with van der Waals surface area (Å²) in [5.74, 6) is 0.403. The molecular weight excluding hydrogens is 310 g/mol. The Morgan fingerprint density at radius 3 is 2.65 bits per heavy atom. The van der Waals surface area contributed by atoms with Crippen LogP contribution in [-0.4, -0.2) is 20.7 Å². The summed E-state index contributed by atoms with van der Waals surface area (Å²) in [6.07, 6.45) is 1.96. The summed E-state index contributed by atoms with van der Waals surface area (Å²) in [6, 6.07) is 11.9. The molecule has 0 aliphatic carbocycles. The second-order valence-electron chi connectivity index (χ2n) is 5.66. The molecule has 0 aliphatic rings. The van der Waals surface area contributed by atoms with Crippen molar-refractivity contribution in [3.05, 3.63) is 53.7 Å². The van der Waals surface area contributed by atoms with Gasteiger partial charge >= 0.3 is 0 Å². The van der Waals surface area contributed by atoms with Gasteiger partial charge in [0, 0.05) is 11.8 Å². The standard InChI is InChI=1S/C18H18ClN3O/c1-11-8-9-15-20-16(14-7-5-4-6-12(14)2)17(22(15)10-11)21-18(23)13(3)19/h4-10,13H,1-3H3,(H,21,23)/t13-/m1/s1. The first-order valence-corrected chi connectivity index (χ1v) is 7.90. The minimum Gasteiger partial charge on any atom is -0.309 e. The molecule has 118 valence electrons. The fourth-order valence-corrected chi connectivity index (χ4v) is 2.57. The van der Waals surface area contributed by atoms with Gasteiger partial charge in [-0.2, -0.15) is 0 Å². The Labute approximate surface area is 140 Å². The van der Waals surface area contributed by atoms with E-state index in [4.69, 9.17) is 16.6 Å². The lowest BCUT2D eigenvalue weighted by atomic mass is 10.1. The molecule has 2 heterocycles. The number of benzene rings is 1. The highest BCUT2D eigenvalue weighted by Gasteiger charge is 2.19. The summed E-state index contributed by atoms with van der Waals surface area (Å²) >= 11 is 5.92. The maximum absolute atomic E-state index is 12.1. The van der Waals surface area contributed by atoms with Gasteiger partial charge in [-0.15, -0.1) is 11.6 Å². The van der Waals surface area contributed by atoms with Crippen LogP contribution in [0.15, 0.2) is 42.6 Å². The molecule has 1 atom stereocenters. The number of aromatic nitrogens is 2. The Hall–Kier alpha value is -2.33. The summed E-state index contributed by atoms with van der Waals surface area (Å²) in [5.41, 5.74) is 4.71. The molecule has 1 aromatic carbocycles. The molecule has 0 aliphatic heterocycles. The predicted molar refractivity (Wildman–Crippen MR) is 94.0 cm³/mol. The third kappa shape index (κ3) is 2.94. The third-order valence-electron chi connectivity index (χ3n) is 3.77. The molecule has 0 radical (unpaired) electrons. The predicted octanol–water partition coefficient (Wildman–Crippen LogP) is 4.18. The van der Waals surface area contributed by atoms with E-state index in [-0.39, 0.29) is 5.91 Å². The molecule has 0 unspecified atom stereocenters. The van der Waals surface area contributed by atoms with Gasteiger partial charge in [-0.05, 0) is 38.0 Å². The molecule has 0 saturated carbocycles. The topological polar surface area (TPSA) is 46.4 Å². The minimum absolute atomic E-state index is 0.246. The Bertz CT molecular complexity index is 883. The van der Waals surface area contributed by atoms with Gasteiger partial charge in [-0.1, -0.05) is 30.3 Å². The number of hydrogen-bond donors (Lipinski definition) is 1. The van der Waals surface area contributed by atoms with Crippen LogP contribution >= 0.6 is 11.6 Å². The first kappa shape index (κ1) is 15.6. The van der Waals surface area contributed by atoms with Gasteiger partial charge < -0.3 is 5.32 Å². The highest BCUT2D eigenvalue weighted by Crippen LogP contribution is 2.31. The van der Waals surface area contributed by atoms with Crippen molar-refractivity contribution in [3.8, 4) is 11.3 Å². The summed E-state index contributed by atoms with van der Waals surface area (Å²) in [5, 5.41) is 2.30. The Kier molecular flexibility index (Phi) is 4.09. The van der Waals surface area contributed by atoms with E-state index < -0.39 is 5.38 Å². The first-order chi connectivity index (χ1) is 11.0. The van der Waals surface area contributed by atoms with Crippen LogP contribution in [0.25, 0.3) is 16.9 Å². The fourth-order valence-electron chi connectivity index (χ4n) is 2.51. The summed E-state index contributed by atoms with van der Waals surface area (Å²) in [6.45, 7) is 5.68. The van der Waals surface area contributed by atoms with Gasteiger partial charge in [0.25, 0.3) is 0 Å². The number of aryl methyl sites for hydroxylation is 2. The number of halogens is 1. The largest absolute Gasteiger partial charge is 0.309 e. The highest BCUT2D eigenvalue weighted by molar-refractivity contribution is 6.32. The number of fused-ring (bicyclic) bond motifs is 1. The van der Waals surface area contributed by atoms with Crippen LogP contribution in [0.4, 0.5) is 5.82 Å². The molecule has 1 N–H and O–H groups in total. The van der Waals surface area contributed by atoms with Crippen molar-refractivity contribution in [2.24, 2.45) is 0 Å². The summed E-state index contributed by atoms with van der Waals surface area (Å²) in [7, 11) is 0. The van der Waals surface area contributed by atoms with Gasteiger partial charge in [-0.25, -0.2) is 4.98 Å². The van der Waals surface area contributed by atoms with Crippen LogP contribution in [0.2, 0.25) is 0 Å². The SMILES string of the molecule is Cc1ccc2nc(-c3ccccc3C)c(NC(=O)[C@@H](C)Cl)n2c1. The van der Waals surface area contributed by atoms with E-state index in [1.807, 2.05) is 60.8 Å². The van der Waals surface area contributed by atoms with Crippen LogP contribution in [0.5, 0.6) is 0 Å². The van der Waals surface area contributed by atoms with Crippen LogP contribution in [0.3, 0.4) is 0 Å². The molecule has 0 fully saturated rings. The van der Waals surface area contributed by atoms with Gasteiger partial charge in [0.2, 0.25) is 5.91 Å². The highest BCUT2D eigenvalue weighted by atomic mass is 35.5. The average molecular weight is 328 g/mol. The van der Waals surface area contributed by atoms with Crippen LogP contribution in [-0.2, 0) is 4.79 Å². The van der Waals surface area contributed by atoms with Crippen molar-refractivity contribution in [1.82, 2.24) is 9.38 Å². The van der Waals surface area contributed by atoms with Gasteiger partial charge in [0.05, 0.1) is 0 Å². The molecule has 2 aromatic heterocycles. The van der Waals surface area contributed by atoms with Crippen molar-refractivity contribution >= 4 is 29.0 Å². The number of imidazole rings is 1.